The number of benzene rings is 1. The van der Waals surface area contributed by atoms with E-state index in [2.05, 4.69) is 9.82 Å². The predicted octanol–water partition coefficient (Wildman–Crippen LogP) is 2.07. The molecule has 1 heterocycles. The predicted molar refractivity (Wildman–Crippen MR) is 79.4 cm³/mol. The summed E-state index contributed by atoms with van der Waals surface area (Å²) in [5, 5.41) is 4.42. The van der Waals surface area contributed by atoms with Crippen LogP contribution in [0.2, 0.25) is 5.02 Å². The Kier molecular flexibility index (Phi) is 3.66. The first kappa shape index (κ1) is 14.7. The van der Waals surface area contributed by atoms with Crippen molar-refractivity contribution in [1.82, 2.24) is 9.78 Å². The van der Waals surface area contributed by atoms with E-state index < -0.39 is 10.0 Å². The molecule has 6 nitrogen and oxygen atoms in total. The number of hydrogen-bond acceptors (Lipinski definition) is 4. The van der Waals surface area contributed by atoms with Gasteiger partial charge in [-0.3, -0.25) is 9.40 Å². The van der Waals surface area contributed by atoms with Crippen LogP contribution in [-0.2, 0) is 17.1 Å². The summed E-state index contributed by atoms with van der Waals surface area (Å²) < 4.78 is 28.8. The highest BCUT2D eigenvalue weighted by atomic mass is 35.5. The second-order valence-electron chi connectivity index (χ2n) is 4.55. The van der Waals surface area contributed by atoms with E-state index in [1.54, 1.807) is 27.1 Å². The number of nitrogens with two attached hydrogens (primary N) is 1. The summed E-state index contributed by atoms with van der Waals surface area (Å²) in [6, 6.07) is 2.88. The van der Waals surface area contributed by atoms with Gasteiger partial charge in [-0.15, -0.1) is 0 Å². The lowest BCUT2D eigenvalue weighted by Gasteiger charge is -2.11. The Bertz CT molecular complexity index is 768. The molecule has 1 aromatic heterocycles. The van der Waals surface area contributed by atoms with Gasteiger partial charge in [-0.2, -0.15) is 5.10 Å². The van der Waals surface area contributed by atoms with Crippen molar-refractivity contribution in [3.63, 3.8) is 0 Å². The summed E-state index contributed by atoms with van der Waals surface area (Å²) in [4.78, 5) is 0.0997. The normalized spacial score (nSPS) is 11.6. The topological polar surface area (TPSA) is 90.0 Å². The molecule has 2 rings (SSSR count). The third-order valence-corrected chi connectivity index (χ3v) is 4.68. The Morgan fingerprint density at radius 3 is 2.55 bits per heavy atom. The lowest BCUT2D eigenvalue weighted by atomic mass is 10.2. The second-order valence-corrected chi connectivity index (χ2v) is 6.60. The summed E-state index contributed by atoms with van der Waals surface area (Å²) in [5.74, 6) is 0. The molecule has 0 unspecified atom stereocenters. The lowest BCUT2D eigenvalue weighted by Crippen LogP contribution is -2.15. The van der Waals surface area contributed by atoms with Crippen LogP contribution in [0.5, 0.6) is 0 Å². The minimum absolute atomic E-state index is 0.0997. The molecule has 2 aromatic rings. The van der Waals surface area contributed by atoms with Crippen LogP contribution < -0.4 is 10.5 Å². The highest BCUT2D eigenvalue weighted by Crippen LogP contribution is 2.28. The van der Waals surface area contributed by atoms with Crippen molar-refractivity contribution in [2.24, 2.45) is 7.05 Å². The van der Waals surface area contributed by atoms with E-state index in [1.807, 2.05) is 0 Å². The first-order chi connectivity index (χ1) is 9.20. The number of halogens is 1. The van der Waals surface area contributed by atoms with Crippen molar-refractivity contribution in [1.29, 1.82) is 0 Å². The molecule has 8 heteroatoms. The van der Waals surface area contributed by atoms with Gasteiger partial charge in [0.1, 0.15) is 0 Å². The molecule has 0 saturated carbocycles. The molecule has 0 aliphatic carbocycles. The third-order valence-electron chi connectivity index (χ3n) is 2.84. The fraction of sp³-hybridized carbons (Fsp3) is 0.250. The Labute approximate surface area is 122 Å². The molecule has 1 aromatic carbocycles. The standard InChI is InChI=1S/C12H15ClN4O2S/c1-7-4-9(13)10(14)5-12(7)20(18,19)16-11-6-17(3)15-8(11)2/h4-6,16H,14H2,1-3H3. The molecule has 0 radical (unpaired) electrons. The Hall–Kier alpha value is -1.73. The fourth-order valence-corrected chi connectivity index (χ4v) is 3.44. The van der Waals surface area contributed by atoms with E-state index in [0.717, 1.165) is 0 Å². The average molecular weight is 315 g/mol. The van der Waals surface area contributed by atoms with Gasteiger partial charge in [-0.05, 0) is 31.5 Å². The Morgan fingerprint density at radius 2 is 2.00 bits per heavy atom. The number of hydrogen-bond donors (Lipinski definition) is 2. The van der Waals surface area contributed by atoms with E-state index in [-0.39, 0.29) is 10.6 Å². The van der Waals surface area contributed by atoms with Gasteiger partial charge in [0.2, 0.25) is 0 Å². The van der Waals surface area contributed by atoms with Crippen molar-refractivity contribution >= 4 is 33.0 Å². The number of aromatic nitrogens is 2. The quantitative estimate of drug-likeness (QED) is 0.849. The van der Waals surface area contributed by atoms with Gasteiger partial charge in [0.25, 0.3) is 10.0 Å². The maximum absolute atomic E-state index is 12.4. The summed E-state index contributed by atoms with van der Waals surface area (Å²) in [6.07, 6.45) is 1.60. The molecule has 0 aliphatic heterocycles. The number of aryl methyl sites for hydroxylation is 3. The number of anilines is 2. The van der Waals surface area contributed by atoms with Gasteiger partial charge >= 0.3 is 0 Å². The minimum Gasteiger partial charge on any atom is -0.397 e. The molecular formula is C12H15ClN4O2S. The number of nitrogens with one attached hydrogen (secondary N) is 1. The van der Waals surface area contributed by atoms with Crippen molar-refractivity contribution in [2.75, 3.05) is 10.5 Å². The minimum atomic E-state index is -3.73. The maximum Gasteiger partial charge on any atom is 0.262 e. The van der Waals surface area contributed by atoms with E-state index in [0.29, 0.717) is 22.0 Å². The van der Waals surface area contributed by atoms with Gasteiger partial charge in [0.05, 0.1) is 27.0 Å². The van der Waals surface area contributed by atoms with Crippen molar-refractivity contribution in [3.8, 4) is 0 Å². The molecule has 0 saturated heterocycles. The van der Waals surface area contributed by atoms with Gasteiger partial charge in [-0.25, -0.2) is 8.42 Å². The number of nitrogens with zero attached hydrogens (tertiary/aromatic N) is 2. The first-order valence-electron chi connectivity index (χ1n) is 5.79. The van der Waals surface area contributed by atoms with Crippen LogP contribution in [0, 0.1) is 13.8 Å². The maximum atomic E-state index is 12.4. The van der Waals surface area contributed by atoms with Gasteiger partial charge in [-0.1, -0.05) is 11.6 Å². The van der Waals surface area contributed by atoms with Crippen LogP contribution >= 0.6 is 11.6 Å². The zero-order valence-corrected chi connectivity index (χ0v) is 12.9. The smallest absolute Gasteiger partial charge is 0.262 e. The summed E-state index contributed by atoms with van der Waals surface area (Å²) in [7, 11) is -2.02. The fourth-order valence-electron chi connectivity index (χ4n) is 1.86. The van der Waals surface area contributed by atoms with Crippen LogP contribution in [0.3, 0.4) is 0 Å². The van der Waals surface area contributed by atoms with Crippen molar-refractivity contribution in [3.05, 3.63) is 34.6 Å². The molecule has 0 atom stereocenters. The van der Waals surface area contributed by atoms with Gasteiger partial charge in [0.15, 0.2) is 0 Å². The highest BCUT2D eigenvalue weighted by Gasteiger charge is 2.20. The lowest BCUT2D eigenvalue weighted by molar-refractivity contribution is 0.600. The SMILES string of the molecule is Cc1cc(Cl)c(N)cc1S(=O)(=O)Nc1cn(C)nc1C. The van der Waals surface area contributed by atoms with Crippen LogP contribution in [0.4, 0.5) is 11.4 Å². The third kappa shape index (κ3) is 2.73. The average Bonchev–Trinajstić information content (AvgIpc) is 2.61. The first-order valence-corrected chi connectivity index (χ1v) is 7.65. The van der Waals surface area contributed by atoms with Crippen LogP contribution in [-0.4, -0.2) is 18.2 Å². The van der Waals surface area contributed by atoms with Crippen LogP contribution in [0.1, 0.15) is 11.3 Å². The van der Waals surface area contributed by atoms with E-state index in [4.69, 9.17) is 17.3 Å². The van der Waals surface area contributed by atoms with Crippen LogP contribution in [0.25, 0.3) is 0 Å². The van der Waals surface area contributed by atoms with E-state index >= 15 is 0 Å². The van der Waals surface area contributed by atoms with E-state index in [9.17, 15) is 8.42 Å². The summed E-state index contributed by atoms with van der Waals surface area (Å²) in [6.45, 7) is 3.39. The number of nitrogen functional groups attached to an aromatic ring is 1. The van der Waals surface area contributed by atoms with E-state index in [1.165, 1.54) is 16.8 Å². The summed E-state index contributed by atoms with van der Waals surface area (Å²) in [5.41, 5.74) is 7.45. The highest BCUT2D eigenvalue weighted by molar-refractivity contribution is 7.92. The Balaban J connectivity index is 2.46. The zero-order valence-electron chi connectivity index (χ0n) is 11.3. The molecule has 108 valence electrons. The molecule has 3 N–H and O–H groups in total. The number of sulfonamides is 1. The van der Waals surface area contributed by atoms with Crippen molar-refractivity contribution < 1.29 is 8.42 Å². The molecule has 20 heavy (non-hydrogen) atoms. The zero-order chi connectivity index (χ0) is 15.1. The van der Waals surface area contributed by atoms with Crippen molar-refractivity contribution in [2.45, 2.75) is 18.7 Å². The molecule has 0 amide bonds. The summed E-state index contributed by atoms with van der Waals surface area (Å²) >= 11 is 5.87. The largest absolute Gasteiger partial charge is 0.397 e. The molecule has 0 spiro atoms. The molecule has 0 fully saturated rings. The van der Waals surface area contributed by atoms with Gasteiger partial charge < -0.3 is 5.73 Å². The molecular weight excluding hydrogens is 300 g/mol. The van der Waals surface area contributed by atoms with Crippen LogP contribution in [0.15, 0.2) is 23.2 Å². The van der Waals surface area contributed by atoms with Gasteiger partial charge in [0, 0.05) is 13.2 Å². The Morgan fingerprint density at radius 1 is 1.35 bits per heavy atom. The number of rotatable bonds is 3. The second kappa shape index (κ2) is 4.99. The molecule has 0 aliphatic rings. The monoisotopic (exact) mass is 314 g/mol. The molecule has 0 bridgehead atoms.